The number of nitrogens with zero attached hydrogens (tertiary/aromatic N) is 7. The molecule has 0 aliphatic carbocycles. The Morgan fingerprint density at radius 1 is 1.10 bits per heavy atom. The Morgan fingerprint density at radius 3 is 2.63 bits per heavy atom. The van der Waals surface area contributed by atoms with Gasteiger partial charge in [0, 0.05) is 25.0 Å². The summed E-state index contributed by atoms with van der Waals surface area (Å²) in [5.74, 6) is 5.45. The average molecular weight is 548 g/mol. The topological polar surface area (TPSA) is 112 Å². The second kappa shape index (κ2) is 10.2. The molecule has 1 atom stereocenters. The van der Waals surface area contributed by atoms with Crippen LogP contribution in [0.4, 0.5) is 0 Å². The lowest BCUT2D eigenvalue weighted by Crippen LogP contribution is -2.33. The van der Waals surface area contributed by atoms with Gasteiger partial charge in [-0.3, -0.25) is 18.8 Å². The number of hydrogen-bond acceptors (Lipinski definition) is 6. The van der Waals surface area contributed by atoms with Crippen LogP contribution in [0.15, 0.2) is 77.9 Å². The molecule has 0 radical (unpaired) electrons. The molecular weight excluding hydrogens is 516 g/mol. The minimum atomic E-state index is -0.992. The molecule has 6 rings (SSSR count). The van der Waals surface area contributed by atoms with Crippen LogP contribution in [0.1, 0.15) is 58.5 Å². The molecule has 2 aromatic carbocycles. The molecule has 6 aromatic rings. The highest BCUT2D eigenvalue weighted by Gasteiger charge is 2.24. The molecule has 4 aromatic heterocycles. The molecule has 0 aliphatic rings. The lowest BCUT2D eigenvalue weighted by molar-refractivity contribution is 0.0938. The van der Waals surface area contributed by atoms with Gasteiger partial charge in [-0.1, -0.05) is 36.0 Å². The number of aryl methyl sites for hydroxylation is 2. The van der Waals surface area contributed by atoms with Crippen molar-refractivity contribution in [3.05, 3.63) is 117 Å². The van der Waals surface area contributed by atoms with Crippen molar-refractivity contribution >= 4 is 22.5 Å². The number of fused-ring (bicyclic) bond motifs is 2. The zero-order valence-corrected chi connectivity index (χ0v) is 22.6. The second-order valence-corrected chi connectivity index (χ2v) is 9.34. The molecule has 0 fully saturated rings. The fourth-order valence-electron chi connectivity index (χ4n) is 4.57. The molecule has 0 saturated carbocycles. The maximum absolute atomic E-state index is 14.5. The third-order valence-electron chi connectivity index (χ3n) is 6.73. The fourth-order valence-corrected chi connectivity index (χ4v) is 4.57. The molecule has 1 N–H and O–H groups in total. The van der Waals surface area contributed by atoms with Crippen LogP contribution in [-0.2, 0) is 7.05 Å². The van der Waals surface area contributed by atoms with Crippen LogP contribution in [0.5, 0.6) is 0 Å². The molecule has 0 aliphatic heterocycles. The van der Waals surface area contributed by atoms with E-state index < -0.39 is 53.4 Å². The summed E-state index contributed by atoms with van der Waals surface area (Å²) in [6.07, 6.45) is 4.81. The van der Waals surface area contributed by atoms with E-state index in [1.54, 1.807) is 62.2 Å². The van der Waals surface area contributed by atoms with Crippen LogP contribution in [0.2, 0.25) is 0 Å². The molecular formula is C31H26N8O2. The highest BCUT2D eigenvalue weighted by molar-refractivity contribution is 6.01. The van der Waals surface area contributed by atoms with Gasteiger partial charge in [-0.25, -0.2) is 14.5 Å². The van der Waals surface area contributed by atoms with Crippen LogP contribution in [0, 0.1) is 25.7 Å². The lowest BCUT2D eigenvalue weighted by Gasteiger charge is -2.20. The molecule has 10 heteroatoms. The summed E-state index contributed by atoms with van der Waals surface area (Å²) in [7, 11) is 1.79. The van der Waals surface area contributed by atoms with Gasteiger partial charge >= 0.3 is 0 Å². The predicted octanol–water partition coefficient (Wildman–Crippen LogP) is 3.67. The number of rotatable bonds is 4. The van der Waals surface area contributed by atoms with E-state index >= 15 is 0 Å². The van der Waals surface area contributed by atoms with Gasteiger partial charge in [0.1, 0.15) is 11.4 Å². The van der Waals surface area contributed by atoms with Gasteiger partial charge < -0.3 is 5.32 Å². The number of para-hydroxylation sites is 1. The molecule has 1 amide bonds. The van der Waals surface area contributed by atoms with Crippen molar-refractivity contribution in [3.63, 3.8) is 0 Å². The van der Waals surface area contributed by atoms with E-state index in [-0.39, 0.29) is 22.3 Å². The van der Waals surface area contributed by atoms with Gasteiger partial charge in [0.05, 0.1) is 52.6 Å². The fraction of sp³-hybridized carbons (Fsp3) is 0.161. The molecule has 4 heterocycles. The Balaban J connectivity index is 1.58. The maximum Gasteiger partial charge on any atom is 0.267 e. The smallest absolute Gasteiger partial charge is 0.267 e. The number of benzene rings is 2. The predicted molar refractivity (Wildman–Crippen MR) is 155 cm³/mol. The number of amides is 1. The highest BCUT2D eigenvalue weighted by atomic mass is 16.2. The largest absolute Gasteiger partial charge is 0.342 e. The van der Waals surface area contributed by atoms with E-state index in [1.165, 1.54) is 10.7 Å². The Bertz CT molecular complexity index is 2340. The highest BCUT2D eigenvalue weighted by Crippen LogP contribution is 2.21. The van der Waals surface area contributed by atoms with E-state index in [0.29, 0.717) is 22.5 Å². The van der Waals surface area contributed by atoms with Gasteiger partial charge in [-0.05, 0) is 51.1 Å². The zero-order valence-electron chi connectivity index (χ0n) is 27.6. The Kier molecular flexibility index (Phi) is 5.07. The minimum absolute atomic E-state index is 0.0559. The van der Waals surface area contributed by atoms with Gasteiger partial charge in [-0.15, -0.1) is 0 Å². The number of aromatic nitrogens is 7. The Labute approximate surface area is 242 Å². The van der Waals surface area contributed by atoms with Crippen molar-refractivity contribution in [1.82, 2.24) is 39.2 Å². The minimum Gasteiger partial charge on any atom is -0.342 e. The van der Waals surface area contributed by atoms with Crippen molar-refractivity contribution in [3.8, 4) is 17.5 Å². The van der Waals surface area contributed by atoms with Crippen molar-refractivity contribution < 1.29 is 11.6 Å². The van der Waals surface area contributed by atoms with Crippen molar-refractivity contribution in [2.75, 3.05) is 0 Å². The quantitative estimate of drug-likeness (QED) is 0.337. The Hall–Kier alpha value is -5.56. The van der Waals surface area contributed by atoms with Crippen LogP contribution in [0.3, 0.4) is 0 Å². The van der Waals surface area contributed by atoms with E-state index in [2.05, 4.69) is 32.3 Å². The van der Waals surface area contributed by atoms with Crippen LogP contribution >= 0.6 is 0 Å². The first kappa shape index (κ1) is 20.4. The van der Waals surface area contributed by atoms with E-state index in [0.717, 1.165) is 10.3 Å². The maximum atomic E-state index is 14.5. The van der Waals surface area contributed by atoms with E-state index in [9.17, 15) is 9.59 Å². The SMILES string of the molecule is [2H]c1c([2H])c([2H])c(-n2c([C@H](C)NC(=O)c3c(C)nn4cccnc34)nc3cccc(C#Cc4cnn(C)c4C)c3c2=O)c([2H])c1[2H]. The normalized spacial score (nSPS) is 13.5. The van der Waals surface area contributed by atoms with Crippen LogP contribution in [0.25, 0.3) is 22.2 Å². The molecule has 10 nitrogen and oxygen atoms in total. The summed E-state index contributed by atoms with van der Waals surface area (Å²) >= 11 is 0. The van der Waals surface area contributed by atoms with Crippen molar-refractivity contribution in [1.29, 1.82) is 0 Å². The third kappa shape index (κ3) is 4.53. The van der Waals surface area contributed by atoms with Gasteiger partial charge in [-0.2, -0.15) is 10.2 Å². The number of carbonyl (C=O) groups excluding carboxylic acids is 1. The number of nitrogens with one attached hydrogen (secondary N) is 1. The third-order valence-corrected chi connectivity index (χ3v) is 6.73. The number of carbonyl (C=O) groups is 1. The monoisotopic (exact) mass is 547 g/mol. The van der Waals surface area contributed by atoms with E-state index in [4.69, 9.17) is 11.8 Å². The summed E-state index contributed by atoms with van der Waals surface area (Å²) < 4.78 is 46.0. The molecule has 0 saturated heterocycles. The number of hydrogen-bond donors (Lipinski definition) is 1. The first-order valence-corrected chi connectivity index (χ1v) is 12.6. The molecule has 0 spiro atoms. The van der Waals surface area contributed by atoms with Gasteiger partial charge in [0.25, 0.3) is 11.5 Å². The summed E-state index contributed by atoms with van der Waals surface area (Å²) in [6, 6.07) is 2.55. The Morgan fingerprint density at radius 2 is 1.88 bits per heavy atom. The molecule has 202 valence electrons. The summed E-state index contributed by atoms with van der Waals surface area (Å²) in [4.78, 5) is 37.1. The standard InChI is InChI=1S/C31H26N8O2/c1-19-26(29-32-16-9-17-38(29)36-19)30(40)34-20(2)28-35-25-13-8-10-22(14-15-23-18-33-37(4)21(23)3)27(25)31(41)39(28)24-11-6-5-7-12-24/h5-13,16-18,20H,1-4H3,(H,34,40)/t20-/m0/s1/i5D,6D,7D,11D,12D. The molecule has 0 bridgehead atoms. The lowest BCUT2D eigenvalue weighted by atomic mass is 10.1. The average Bonchev–Trinajstić information content (AvgIpc) is 3.55. The van der Waals surface area contributed by atoms with E-state index in [1.807, 2.05) is 6.92 Å². The zero-order chi connectivity index (χ0) is 33.0. The van der Waals surface area contributed by atoms with Crippen molar-refractivity contribution in [2.45, 2.75) is 26.8 Å². The molecule has 41 heavy (non-hydrogen) atoms. The molecule has 0 unspecified atom stereocenters. The van der Waals surface area contributed by atoms with Gasteiger partial charge in [0.2, 0.25) is 0 Å². The second-order valence-electron chi connectivity index (χ2n) is 9.34. The van der Waals surface area contributed by atoms with Crippen LogP contribution in [-0.4, -0.2) is 39.8 Å². The first-order chi connectivity index (χ1) is 21.9. The summed E-state index contributed by atoms with van der Waals surface area (Å²) in [5.41, 5.74) is 1.88. The first-order valence-electron chi connectivity index (χ1n) is 15.1. The van der Waals surface area contributed by atoms with Crippen LogP contribution < -0.4 is 10.9 Å². The summed E-state index contributed by atoms with van der Waals surface area (Å²) in [5, 5.41) is 11.5. The van der Waals surface area contributed by atoms with Crippen molar-refractivity contribution in [2.24, 2.45) is 7.05 Å². The van der Waals surface area contributed by atoms with Gasteiger partial charge in [0.15, 0.2) is 5.65 Å². The summed E-state index contributed by atoms with van der Waals surface area (Å²) in [6.45, 7) is 5.11.